The number of aromatic nitrogens is 2. The molecule has 0 radical (unpaired) electrons. The van der Waals surface area contributed by atoms with E-state index in [0.717, 1.165) is 52.7 Å². The summed E-state index contributed by atoms with van der Waals surface area (Å²) < 4.78 is 66.9. The predicted molar refractivity (Wildman–Crippen MR) is 246 cm³/mol. The van der Waals surface area contributed by atoms with Gasteiger partial charge in [0, 0.05) is 34.5 Å². The molecule has 2 aromatic heterocycles. The third-order valence-electron chi connectivity index (χ3n) is 11.4. The maximum absolute atomic E-state index is 12.3. The van der Waals surface area contributed by atoms with E-state index >= 15 is 0 Å². The van der Waals surface area contributed by atoms with Gasteiger partial charge in [-0.1, -0.05) is 50.7 Å². The summed E-state index contributed by atoms with van der Waals surface area (Å²) in [6, 6.07) is 21.8. The molecule has 1 aliphatic heterocycles. The van der Waals surface area contributed by atoms with E-state index in [1.54, 1.807) is 36.4 Å². The fraction of sp³-hybridized carbons (Fsp3) is 0.476. The van der Waals surface area contributed by atoms with Crippen molar-refractivity contribution >= 4 is 71.6 Å². The van der Waals surface area contributed by atoms with Crippen molar-refractivity contribution in [3.8, 4) is 11.3 Å². The Morgan fingerprint density at radius 3 is 1.58 bits per heavy atom. The van der Waals surface area contributed by atoms with Crippen LogP contribution in [-0.4, -0.2) is 71.3 Å². The second-order valence-electron chi connectivity index (χ2n) is 16.3. The molecule has 2 aromatic carbocycles. The second-order valence-corrected chi connectivity index (χ2v) is 20.8. The average molecular weight is 928 g/mol. The lowest BCUT2D eigenvalue weighted by Crippen LogP contribution is -2.41. The van der Waals surface area contributed by atoms with Gasteiger partial charge >= 0.3 is 7.12 Å². The lowest BCUT2D eigenvalue weighted by Gasteiger charge is -2.32. The molecule has 3 heterocycles. The molecule has 2 aliphatic carbocycles. The molecular formula is C42H60BBrN8O6S2. The Balaban J connectivity index is 0.000000192. The van der Waals surface area contributed by atoms with Crippen LogP contribution >= 0.6 is 15.9 Å². The van der Waals surface area contributed by atoms with Gasteiger partial charge in [-0.15, -0.1) is 0 Å². The summed E-state index contributed by atoms with van der Waals surface area (Å²) in [5.74, 6) is 0.947. The first-order chi connectivity index (χ1) is 28.3. The van der Waals surface area contributed by atoms with Crippen LogP contribution in [-0.2, 0) is 29.4 Å². The van der Waals surface area contributed by atoms with Gasteiger partial charge in [0.2, 0.25) is 20.0 Å². The fourth-order valence-electron chi connectivity index (χ4n) is 7.23. The van der Waals surface area contributed by atoms with Crippen molar-refractivity contribution in [1.29, 1.82) is 0 Å². The first-order valence-electron chi connectivity index (χ1n) is 20.5. The van der Waals surface area contributed by atoms with Crippen LogP contribution < -0.4 is 37.0 Å². The van der Waals surface area contributed by atoms with E-state index in [2.05, 4.69) is 46.0 Å². The molecule has 0 bridgehead atoms. The van der Waals surface area contributed by atoms with E-state index < -0.39 is 38.4 Å². The zero-order valence-electron chi connectivity index (χ0n) is 35.4. The number of hydrogen-bond donors (Lipinski definition) is 6. The first-order valence-corrected chi connectivity index (χ1v) is 24.2. The van der Waals surface area contributed by atoms with Crippen LogP contribution in [0.2, 0.25) is 0 Å². The molecule has 0 spiro atoms. The Bertz CT molecular complexity index is 2260. The van der Waals surface area contributed by atoms with E-state index in [1.165, 1.54) is 52.6 Å². The van der Waals surface area contributed by atoms with Gasteiger partial charge in [0.25, 0.3) is 0 Å². The van der Waals surface area contributed by atoms with E-state index in [1.807, 2.05) is 64.1 Å². The van der Waals surface area contributed by atoms with Gasteiger partial charge in [0.1, 0.15) is 16.2 Å². The molecule has 18 heteroatoms. The normalized spacial score (nSPS) is 18.1. The number of hydrogen-bond acceptors (Lipinski definition) is 12. The number of benzene rings is 2. The maximum Gasteiger partial charge on any atom is 0.497 e. The first kappa shape index (κ1) is 47.3. The lowest BCUT2D eigenvalue weighted by atomic mass is 9.77. The number of pyridine rings is 2. The van der Waals surface area contributed by atoms with Gasteiger partial charge < -0.3 is 31.4 Å². The summed E-state index contributed by atoms with van der Waals surface area (Å²) in [4.78, 5) is 8.66. The SMILES string of the molecule is CNS(=O)(=O)c1ccc(NC2CCCCC2)c(-c2cccc(N)n2)c1.CNS(=O)(=O)c1ccc(NC2CCCCC2)c(B2OC(C)(C)C(C)(C)O2)c1.Nc1cccc(Br)n1. The van der Waals surface area contributed by atoms with Crippen LogP contribution in [0, 0.1) is 0 Å². The molecule has 60 heavy (non-hydrogen) atoms. The highest BCUT2D eigenvalue weighted by molar-refractivity contribution is 9.10. The van der Waals surface area contributed by atoms with Crippen LogP contribution in [0.15, 0.2) is 87.2 Å². The van der Waals surface area contributed by atoms with Crippen molar-refractivity contribution < 1.29 is 26.1 Å². The number of anilines is 4. The number of nitrogens with one attached hydrogen (secondary N) is 4. The van der Waals surface area contributed by atoms with Crippen molar-refractivity contribution in [1.82, 2.24) is 19.4 Å². The number of nitrogens with two attached hydrogens (primary N) is 2. The number of nitrogens with zero attached hydrogens (tertiary/aromatic N) is 2. The Hall–Kier alpha value is -3.78. The predicted octanol–water partition coefficient (Wildman–Crippen LogP) is 7.05. The summed E-state index contributed by atoms with van der Waals surface area (Å²) in [6.07, 6.45) is 11.9. The van der Waals surface area contributed by atoms with Crippen molar-refractivity contribution in [2.75, 3.05) is 36.2 Å². The molecular weight excluding hydrogens is 867 g/mol. The minimum atomic E-state index is -3.55. The number of rotatable bonds is 10. The Morgan fingerprint density at radius 2 is 1.12 bits per heavy atom. The Kier molecular flexibility index (Phi) is 16.1. The molecule has 1 saturated heterocycles. The van der Waals surface area contributed by atoms with Gasteiger partial charge in [-0.3, -0.25) is 0 Å². The number of nitrogen functional groups attached to an aromatic ring is 2. The van der Waals surface area contributed by atoms with Crippen LogP contribution in [0.25, 0.3) is 11.3 Å². The standard InChI is InChI=1S/C19H31BN2O4S.C18H24N4O2S.C5H5BrN2/c1-18(2)19(3,4)26-20(25-18)16-13-15(27(23,24)21-5)11-12-17(16)22-14-9-7-6-8-10-14;1-20-25(23,24)14-10-11-17(21-13-6-3-2-4-7-13)15(12-14)16-8-5-9-18(19)22-16;6-4-2-1-3-5(7)8-4/h11-14,21-22H,6-10H2,1-5H3;5,8-13,20-21H,2-4,6-7H2,1H3,(H2,19,22);1-3H,(H2,7,8). The molecule has 2 saturated carbocycles. The zero-order valence-corrected chi connectivity index (χ0v) is 38.6. The molecule has 0 unspecified atom stereocenters. The Labute approximate surface area is 365 Å². The Morgan fingerprint density at radius 1 is 0.650 bits per heavy atom. The molecule has 8 N–H and O–H groups in total. The largest absolute Gasteiger partial charge is 0.497 e. The minimum absolute atomic E-state index is 0.211. The third kappa shape index (κ3) is 12.4. The second kappa shape index (κ2) is 20.4. The zero-order chi connectivity index (χ0) is 43.7. The summed E-state index contributed by atoms with van der Waals surface area (Å²) in [7, 11) is -4.87. The quantitative estimate of drug-likeness (QED) is 0.0698. The summed E-state index contributed by atoms with van der Waals surface area (Å²) in [5, 5.41) is 7.17. The molecule has 3 fully saturated rings. The van der Waals surface area contributed by atoms with Gasteiger partial charge in [-0.2, -0.15) is 0 Å². The molecule has 14 nitrogen and oxygen atoms in total. The smallest absolute Gasteiger partial charge is 0.399 e. The average Bonchev–Trinajstić information content (AvgIpc) is 3.44. The van der Waals surface area contributed by atoms with Crippen LogP contribution in [0.3, 0.4) is 0 Å². The number of halogens is 1. The van der Waals surface area contributed by atoms with Gasteiger partial charge in [-0.05, 0) is 144 Å². The molecule has 0 atom stereocenters. The highest BCUT2D eigenvalue weighted by Crippen LogP contribution is 2.38. The van der Waals surface area contributed by atoms with E-state index in [-0.39, 0.29) is 9.79 Å². The molecule has 7 rings (SSSR count). The van der Waals surface area contributed by atoms with E-state index in [0.29, 0.717) is 29.4 Å². The summed E-state index contributed by atoms with van der Waals surface area (Å²) in [5.41, 5.74) is 14.1. The highest BCUT2D eigenvalue weighted by atomic mass is 79.9. The maximum atomic E-state index is 12.3. The van der Waals surface area contributed by atoms with Crippen molar-refractivity contribution in [2.24, 2.45) is 0 Å². The van der Waals surface area contributed by atoms with E-state index in [4.69, 9.17) is 20.8 Å². The van der Waals surface area contributed by atoms with E-state index in [9.17, 15) is 16.8 Å². The highest BCUT2D eigenvalue weighted by Gasteiger charge is 2.52. The van der Waals surface area contributed by atoms with Crippen LogP contribution in [0.5, 0.6) is 0 Å². The molecule has 326 valence electrons. The third-order valence-corrected chi connectivity index (χ3v) is 14.7. The molecule has 0 amide bonds. The monoisotopic (exact) mass is 926 g/mol. The lowest BCUT2D eigenvalue weighted by molar-refractivity contribution is 0.00578. The van der Waals surface area contributed by atoms with Crippen LogP contribution in [0.1, 0.15) is 91.9 Å². The molecule has 4 aromatic rings. The van der Waals surface area contributed by atoms with Gasteiger partial charge in [0.05, 0.1) is 26.7 Å². The van der Waals surface area contributed by atoms with Crippen molar-refractivity contribution in [2.45, 2.75) is 125 Å². The summed E-state index contributed by atoms with van der Waals surface area (Å²) >= 11 is 3.17. The minimum Gasteiger partial charge on any atom is -0.399 e. The van der Waals surface area contributed by atoms with Gasteiger partial charge in [-0.25, -0.2) is 36.2 Å². The molecule has 3 aliphatic rings. The number of sulfonamides is 2. The van der Waals surface area contributed by atoms with Crippen LogP contribution in [0.4, 0.5) is 23.0 Å². The van der Waals surface area contributed by atoms with Gasteiger partial charge in [0.15, 0.2) is 0 Å². The fourth-order valence-corrected chi connectivity index (χ4v) is 9.11. The summed E-state index contributed by atoms with van der Waals surface area (Å²) in [6.45, 7) is 7.98. The topological polar surface area (TPSA) is 213 Å². The van der Waals surface area contributed by atoms with Crippen molar-refractivity contribution in [3.05, 3.63) is 77.4 Å². The van der Waals surface area contributed by atoms with Crippen molar-refractivity contribution in [3.63, 3.8) is 0 Å².